The van der Waals surface area contributed by atoms with Gasteiger partial charge in [-0.25, -0.2) is 8.78 Å². The van der Waals surface area contributed by atoms with Crippen LogP contribution in [0.25, 0.3) is 0 Å². The molecule has 0 spiro atoms. The van der Waals surface area contributed by atoms with Crippen LogP contribution >= 0.6 is 0 Å². The van der Waals surface area contributed by atoms with Gasteiger partial charge in [-0.15, -0.1) is 0 Å². The second kappa shape index (κ2) is 4.55. The van der Waals surface area contributed by atoms with Crippen molar-refractivity contribution in [2.75, 3.05) is 7.05 Å². The normalized spacial score (nSPS) is 28.4. The lowest BCUT2D eigenvalue weighted by atomic mass is 9.67. The van der Waals surface area contributed by atoms with Gasteiger partial charge in [0, 0.05) is 19.7 Å². The topological polar surface area (TPSA) is 12.4 Å². The van der Waals surface area contributed by atoms with Gasteiger partial charge in [0.1, 0.15) is 0 Å². The van der Waals surface area contributed by atoms with Gasteiger partial charge in [0.05, 0.1) is 5.41 Å². The molecule has 0 aliphatic heterocycles. The van der Waals surface area contributed by atoms with E-state index in [0.717, 1.165) is 6.42 Å². The summed E-state index contributed by atoms with van der Waals surface area (Å²) in [5, 5.41) is 0. The van der Waals surface area contributed by atoms with Crippen molar-refractivity contribution in [2.45, 2.75) is 37.0 Å². The zero-order valence-electron chi connectivity index (χ0n) is 10.00. The van der Waals surface area contributed by atoms with E-state index in [1.165, 1.54) is 6.21 Å². The fourth-order valence-electron chi connectivity index (χ4n) is 2.70. The molecule has 0 N–H and O–H groups in total. The molecule has 1 fully saturated rings. The molecule has 0 aromatic heterocycles. The summed E-state index contributed by atoms with van der Waals surface area (Å²) in [6.45, 7) is 0. The summed E-state index contributed by atoms with van der Waals surface area (Å²) in [7, 11) is 1.56. The SMILES string of the molecule is CN=C[C@]1(c2ccccc2)CCCCC1(F)F. The fourth-order valence-corrected chi connectivity index (χ4v) is 2.70. The molecule has 3 heteroatoms. The van der Waals surface area contributed by atoms with E-state index >= 15 is 0 Å². The van der Waals surface area contributed by atoms with Gasteiger partial charge in [0.2, 0.25) is 0 Å². The fraction of sp³-hybridized carbons (Fsp3) is 0.500. The van der Waals surface area contributed by atoms with E-state index in [-0.39, 0.29) is 6.42 Å². The van der Waals surface area contributed by atoms with Crippen molar-refractivity contribution in [3.63, 3.8) is 0 Å². The first-order valence-electron chi connectivity index (χ1n) is 5.99. The molecule has 1 saturated carbocycles. The Kier molecular flexibility index (Phi) is 3.27. The second-order valence-electron chi connectivity index (χ2n) is 4.64. The van der Waals surface area contributed by atoms with Gasteiger partial charge in [-0.3, -0.25) is 4.99 Å². The molecule has 1 nitrogen and oxygen atoms in total. The Balaban J connectivity index is 2.52. The van der Waals surface area contributed by atoms with E-state index in [1.54, 1.807) is 19.2 Å². The minimum Gasteiger partial charge on any atom is -0.300 e. The molecule has 2 rings (SSSR count). The van der Waals surface area contributed by atoms with E-state index in [1.807, 2.05) is 18.2 Å². The zero-order chi connectivity index (χ0) is 12.4. The number of hydrogen-bond donors (Lipinski definition) is 0. The van der Waals surface area contributed by atoms with Gasteiger partial charge >= 0.3 is 0 Å². The van der Waals surface area contributed by atoms with E-state index in [0.29, 0.717) is 18.4 Å². The van der Waals surface area contributed by atoms with Crippen LogP contribution in [0.15, 0.2) is 35.3 Å². The highest BCUT2D eigenvalue weighted by atomic mass is 19.3. The number of benzene rings is 1. The van der Waals surface area contributed by atoms with Crippen LogP contribution in [0, 0.1) is 0 Å². The molecule has 1 aromatic carbocycles. The summed E-state index contributed by atoms with van der Waals surface area (Å²) >= 11 is 0. The zero-order valence-corrected chi connectivity index (χ0v) is 10.00. The molecule has 1 aromatic rings. The van der Waals surface area contributed by atoms with Crippen molar-refractivity contribution in [1.82, 2.24) is 0 Å². The van der Waals surface area contributed by atoms with Crippen LogP contribution < -0.4 is 0 Å². The number of halogens is 2. The smallest absolute Gasteiger partial charge is 0.262 e. The van der Waals surface area contributed by atoms with Crippen molar-refractivity contribution in [2.24, 2.45) is 4.99 Å². The highest BCUT2D eigenvalue weighted by Crippen LogP contribution is 2.48. The van der Waals surface area contributed by atoms with Crippen LogP contribution in [-0.2, 0) is 5.41 Å². The van der Waals surface area contributed by atoms with Gasteiger partial charge in [0.25, 0.3) is 5.92 Å². The molecule has 0 saturated heterocycles. The number of rotatable bonds is 2. The molecule has 17 heavy (non-hydrogen) atoms. The summed E-state index contributed by atoms with van der Waals surface area (Å²) in [5.74, 6) is -2.70. The lowest BCUT2D eigenvalue weighted by Gasteiger charge is -2.41. The van der Waals surface area contributed by atoms with Gasteiger partial charge in [0.15, 0.2) is 0 Å². The lowest BCUT2D eigenvalue weighted by molar-refractivity contribution is -0.0772. The molecule has 0 unspecified atom stereocenters. The number of nitrogens with zero attached hydrogens (tertiary/aromatic N) is 1. The highest BCUT2D eigenvalue weighted by Gasteiger charge is 2.54. The number of hydrogen-bond acceptors (Lipinski definition) is 1. The van der Waals surface area contributed by atoms with Gasteiger partial charge < -0.3 is 0 Å². The first-order chi connectivity index (χ1) is 8.12. The third kappa shape index (κ3) is 1.99. The van der Waals surface area contributed by atoms with Crippen LogP contribution in [0.3, 0.4) is 0 Å². The second-order valence-corrected chi connectivity index (χ2v) is 4.64. The van der Waals surface area contributed by atoms with E-state index in [2.05, 4.69) is 4.99 Å². The molecule has 1 atom stereocenters. The summed E-state index contributed by atoms with van der Waals surface area (Å²) < 4.78 is 28.6. The number of aliphatic imine (C=N–C) groups is 1. The standard InChI is InChI=1S/C14H17F2N/c1-17-11-13(12-7-3-2-4-8-12)9-5-6-10-14(13,15)16/h2-4,7-8,11H,5-6,9-10H2,1H3/t13-/m0/s1. The molecular weight excluding hydrogens is 220 g/mol. The average molecular weight is 237 g/mol. The maximum atomic E-state index is 14.3. The maximum absolute atomic E-state index is 14.3. The lowest BCUT2D eigenvalue weighted by Crippen LogP contribution is -2.49. The Hall–Kier alpha value is -1.25. The Morgan fingerprint density at radius 2 is 1.76 bits per heavy atom. The Morgan fingerprint density at radius 1 is 1.12 bits per heavy atom. The van der Waals surface area contributed by atoms with Crippen LogP contribution in [0.4, 0.5) is 8.78 Å². The Morgan fingerprint density at radius 3 is 2.35 bits per heavy atom. The first-order valence-corrected chi connectivity index (χ1v) is 5.99. The summed E-state index contributed by atoms with van der Waals surface area (Å²) in [4.78, 5) is 3.90. The Labute approximate surface area is 101 Å². The predicted molar refractivity (Wildman–Crippen MR) is 66.0 cm³/mol. The maximum Gasteiger partial charge on any atom is 0.262 e. The average Bonchev–Trinajstić information content (AvgIpc) is 2.33. The van der Waals surface area contributed by atoms with Crippen molar-refractivity contribution < 1.29 is 8.78 Å². The first kappa shape index (κ1) is 12.2. The monoisotopic (exact) mass is 237 g/mol. The molecule has 0 bridgehead atoms. The van der Waals surface area contributed by atoms with Crippen molar-refractivity contribution in [3.8, 4) is 0 Å². The van der Waals surface area contributed by atoms with E-state index in [4.69, 9.17) is 0 Å². The molecule has 0 radical (unpaired) electrons. The molecule has 1 aliphatic carbocycles. The van der Waals surface area contributed by atoms with Crippen LogP contribution in [0.1, 0.15) is 31.2 Å². The minimum atomic E-state index is -2.70. The van der Waals surface area contributed by atoms with Crippen molar-refractivity contribution in [1.29, 1.82) is 0 Å². The third-order valence-electron chi connectivity index (χ3n) is 3.60. The summed E-state index contributed by atoms with van der Waals surface area (Å²) in [6.07, 6.45) is 3.30. The third-order valence-corrected chi connectivity index (χ3v) is 3.60. The van der Waals surface area contributed by atoms with Gasteiger partial charge in [-0.05, 0) is 18.4 Å². The molecule has 1 aliphatic rings. The molecule has 0 heterocycles. The number of alkyl halides is 2. The summed E-state index contributed by atoms with van der Waals surface area (Å²) in [6, 6.07) is 9.03. The van der Waals surface area contributed by atoms with E-state index in [9.17, 15) is 8.78 Å². The largest absolute Gasteiger partial charge is 0.300 e. The predicted octanol–water partition coefficient (Wildman–Crippen LogP) is 3.83. The quantitative estimate of drug-likeness (QED) is 0.693. The van der Waals surface area contributed by atoms with Crippen LogP contribution in [0.5, 0.6) is 0 Å². The molecule has 0 amide bonds. The van der Waals surface area contributed by atoms with Gasteiger partial charge in [-0.1, -0.05) is 36.8 Å². The molecule has 92 valence electrons. The van der Waals surface area contributed by atoms with Gasteiger partial charge in [-0.2, -0.15) is 0 Å². The van der Waals surface area contributed by atoms with Crippen molar-refractivity contribution >= 4 is 6.21 Å². The molecular formula is C14H17F2N. The van der Waals surface area contributed by atoms with Crippen LogP contribution in [0.2, 0.25) is 0 Å². The van der Waals surface area contributed by atoms with Crippen LogP contribution in [-0.4, -0.2) is 19.2 Å². The van der Waals surface area contributed by atoms with E-state index < -0.39 is 11.3 Å². The Bertz CT molecular complexity index is 400. The van der Waals surface area contributed by atoms with Crippen molar-refractivity contribution in [3.05, 3.63) is 35.9 Å². The highest BCUT2D eigenvalue weighted by molar-refractivity contribution is 5.75. The minimum absolute atomic E-state index is 0.0477. The summed E-state index contributed by atoms with van der Waals surface area (Å²) in [5.41, 5.74) is -0.531.